The van der Waals surface area contributed by atoms with Gasteiger partial charge in [-0.25, -0.2) is 4.39 Å². The Bertz CT molecular complexity index is 325. The van der Waals surface area contributed by atoms with Crippen molar-refractivity contribution in [3.05, 3.63) is 34.6 Å². The highest BCUT2D eigenvalue weighted by Crippen LogP contribution is 2.16. The van der Waals surface area contributed by atoms with Gasteiger partial charge in [0, 0.05) is 29.6 Å². The van der Waals surface area contributed by atoms with E-state index >= 15 is 0 Å². The molecule has 1 aromatic carbocycles. The van der Waals surface area contributed by atoms with Crippen molar-refractivity contribution in [1.82, 2.24) is 4.90 Å². The predicted molar refractivity (Wildman–Crippen MR) is 67.7 cm³/mol. The van der Waals surface area contributed by atoms with Gasteiger partial charge in [-0.1, -0.05) is 18.5 Å². The minimum absolute atomic E-state index is 0.208. The maximum atomic E-state index is 13.5. The fourth-order valence-electron chi connectivity index (χ4n) is 1.61. The van der Waals surface area contributed by atoms with E-state index in [2.05, 4.69) is 11.8 Å². The number of alkyl halides is 1. The largest absolute Gasteiger partial charge is 0.298 e. The average Bonchev–Trinajstić information content (AvgIpc) is 2.24. The predicted octanol–water partition coefficient (Wildman–Crippen LogP) is 3.93. The molecule has 1 aromatic rings. The highest BCUT2D eigenvalue weighted by Gasteiger charge is 2.08. The zero-order valence-corrected chi connectivity index (χ0v) is 10.9. The molecule has 0 spiro atoms. The summed E-state index contributed by atoms with van der Waals surface area (Å²) in [7, 11) is 0. The summed E-state index contributed by atoms with van der Waals surface area (Å²) in [5.41, 5.74) is 0.631. The van der Waals surface area contributed by atoms with E-state index in [0.29, 0.717) is 23.0 Å². The number of benzene rings is 1. The molecule has 1 rings (SSSR count). The van der Waals surface area contributed by atoms with E-state index in [4.69, 9.17) is 23.2 Å². The van der Waals surface area contributed by atoms with E-state index in [1.807, 2.05) is 0 Å². The van der Waals surface area contributed by atoms with Crippen molar-refractivity contribution in [2.24, 2.45) is 0 Å². The Balaban J connectivity index is 2.71. The minimum atomic E-state index is -0.208. The maximum absolute atomic E-state index is 13.5. The molecule has 0 unspecified atom stereocenters. The molecular weight excluding hydrogens is 248 g/mol. The SMILES string of the molecule is CCCN(CCCl)Cc1cc(Cl)ccc1F. The van der Waals surface area contributed by atoms with E-state index in [0.717, 1.165) is 19.5 Å². The van der Waals surface area contributed by atoms with Crippen LogP contribution in [-0.4, -0.2) is 23.9 Å². The lowest BCUT2D eigenvalue weighted by Gasteiger charge is -2.20. The molecule has 1 nitrogen and oxygen atoms in total. The zero-order valence-electron chi connectivity index (χ0n) is 9.35. The van der Waals surface area contributed by atoms with Gasteiger partial charge in [-0.05, 0) is 31.2 Å². The summed E-state index contributed by atoms with van der Waals surface area (Å²) >= 11 is 11.6. The van der Waals surface area contributed by atoms with Crippen LogP contribution in [0.1, 0.15) is 18.9 Å². The highest BCUT2D eigenvalue weighted by molar-refractivity contribution is 6.30. The molecule has 4 heteroatoms. The molecule has 0 heterocycles. The molecular formula is C12H16Cl2FN. The lowest BCUT2D eigenvalue weighted by Crippen LogP contribution is -2.26. The van der Waals surface area contributed by atoms with Crippen LogP contribution in [0.25, 0.3) is 0 Å². The standard InChI is InChI=1S/C12H16Cl2FN/c1-2-6-16(7-5-13)9-10-8-11(14)3-4-12(10)15/h3-4,8H,2,5-7,9H2,1H3. The molecule has 0 aromatic heterocycles. The van der Waals surface area contributed by atoms with Gasteiger partial charge in [-0.15, -0.1) is 11.6 Å². The van der Waals surface area contributed by atoms with Crippen LogP contribution in [0.4, 0.5) is 4.39 Å². The lowest BCUT2D eigenvalue weighted by atomic mass is 10.2. The molecule has 0 amide bonds. The van der Waals surface area contributed by atoms with Gasteiger partial charge < -0.3 is 0 Å². The molecule has 0 bridgehead atoms. The summed E-state index contributed by atoms with van der Waals surface area (Å²) in [5.74, 6) is 0.349. The third-order valence-electron chi connectivity index (χ3n) is 2.34. The lowest BCUT2D eigenvalue weighted by molar-refractivity contribution is 0.278. The molecule has 0 saturated heterocycles. The second-order valence-electron chi connectivity index (χ2n) is 3.70. The van der Waals surface area contributed by atoms with Crippen LogP contribution in [0.3, 0.4) is 0 Å². The Morgan fingerprint density at radius 2 is 2.06 bits per heavy atom. The Hall–Kier alpha value is -0.310. The summed E-state index contributed by atoms with van der Waals surface area (Å²) < 4.78 is 13.5. The van der Waals surface area contributed by atoms with Crippen LogP contribution in [0.2, 0.25) is 5.02 Å². The first-order chi connectivity index (χ1) is 7.67. The van der Waals surface area contributed by atoms with E-state index in [9.17, 15) is 4.39 Å². The Morgan fingerprint density at radius 3 is 2.69 bits per heavy atom. The van der Waals surface area contributed by atoms with Crippen LogP contribution >= 0.6 is 23.2 Å². The number of hydrogen-bond acceptors (Lipinski definition) is 1. The monoisotopic (exact) mass is 263 g/mol. The van der Waals surface area contributed by atoms with Gasteiger partial charge in [0.2, 0.25) is 0 Å². The van der Waals surface area contributed by atoms with Crippen molar-refractivity contribution in [2.45, 2.75) is 19.9 Å². The summed E-state index contributed by atoms with van der Waals surface area (Å²) in [6.45, 7) is 4.34. The second kappa shape index (κ2) is 7.10. The van der Waals surface area contributed by atoms with Gasteiger partial charge in [0.1, 0.15) is 5.82 Å². The van der Waals surface area contributed by atoms with Crippen molar-refractivity contribution in [3.8, 4) is 0 Å². The van der Waals surface area contributed by atoms with E-state index in [1.165, 1.54) is 6.07 Å². The molecule has 16 heavy (non-hydrogen) atoms. The third kappa shape index (κ3) is 4.28. The fourth-order valence-corrected chi connectivity index (χ4v) is 2.04. The maximum Gasteiger partial charge on any atom is 0.127 e. The molecule has 0 atom stereocenters. The van der Waals surface area contributed by atoms with Crippen LogP contribution < -0.4 is 0 Å². The van der Waals surface area contributed by atoms with Crippen molar-refractivity contribution >= 4 is 23.2 Å². The van der Waals surface area contributed by atoms with Crippen molar-refractivity contribution in [1.29, 1.82) is 0 Å². The van der Waals surface area contributed by atoms with Gasteiger partial charge in [0.25, 0.3) is 0 Å². The number of hydrogen-bond donors (Lipinski definition) is 0. The average molecular weight is 264 g/mol. The number of halogens is 3. The Morgan fingerprint density at radius 1 is 1.31 bits per heavy atom. The van der Waals surface area contributed by atoms with Crippen LogP contribution in [-0.2, 0) is 6.54 Å². The van der Waals surface area contributed by atoms with Crippen molar-refractivity contribution in [3.63, 3.8) is 0 Å². The molecule has 0 fully saturated rings. The molecule has 0 aliphatic rings. The molecule has 0 saturated carbocycles. The van der Waals surface area contributed by atoms with Crippen LogP contribution in [0.5, 0.6) is 0 Å². The topological polar surface area (TPSA) is 3.24 Å². The highest BCUT2D eigenvalue weighted by atomic mass is 35.5. The normalized spacial score (nSPS) is 11.1. The second-order valence-corrected chi connectivity index (χ2v) is 4.52. The molecule has 0 radical (unpaired) electrons. The van der Waals surface area contributed by atoms with E-state index in [-0.39, 0.29) is 5.82 Å². The van der Waals surface area contributed by atoms with Gasteiger partial charge in [-0.3, -0.25) is 4.90 Å². The number of nitrogens with zero attached hydrogens (tertiary/aromatic N) is 1. The summed E-state index contributed by atoms with van der Waals surface area (Å²) in [6.07, 6.45) is 1.03. The van der Waals surface area contributed by atoms with Gasteiger partial charge in [0.15, 0.2) is 0 Å². The fraction of sp³-hybridized carbons (Fsp3) is 0.500. The van der Waals surface area contributed by atoms with E-state index in [1.54, 1.807) is 12.1 Å². The quantitative estimate of drug-likeness (QED) is 0.704. The molecule has 0 N–H and O–H groups in total. The zero-order chi connectivity index (χ0) is 12.0. The summed E-state index contributed by atoms with van der Waals surface area (Å²) in [5, 5.41) is 0.568. The smallest absolute Gasteiger partial charge is 0.127 e. The first-order valence-corrected chi connectivity index (χ1v) is 6.31. The summed E-state index contributed by atoms with van der Waals surface area (Å²) in [4.78, 5) is 2.13. The van der Waals surface area contributed by atoms with Crippen molar-refractivity contribution in [2.75, 3.05) is 19.0 Å². The molecule has 0 aliphatic carbocycles. The van der Waals surface area contributed by atoms with E-state index < -0.39 is 0 Å². The van der Waals surface area contributed by atoms with Crippen LogP contribution in [0.15, 0.2) is 18.2 Å². The van der Waals surface area contributed by atoms with Gasteiger partial charge in [0.05, 0.1) is 0 Å². The first kappa shape index (κ1) is 13.8. The Labute approximate surface area is 106 Å². The van der Waals surface area contributed by atoms with Crippen molar-refractivity contribution < 1.29 is 4.39 Å². The minimum Gasteiger partial charge on any atom is -0.298 e. The van der Waals surface area contributed by atoms with Gasteiger partial charge in [-0.2, -0.15) is 0 Å². The summed E-state index contributed by atoms with van der Waals surface area (Å²) in [6, 6.07) is 4.64. The van der Waals surface area contributed by atoms with Gasteiger partial charge >= 0.3 is 0 Å². The number of rotatable bonds is 6. The third-order valence-corrected chi connectivity index (χ3v) is 2.75. The van der Waals surface area contributed by atoms with Crippen LogP contribution in [0, 0.1) is 5.82 Å². The molecule has 90 valence electrons. The first-order valence-electron chi connectivity index (χ1n) is 5.39. The molecule has 0 aliphatic heterocycles. The Kier molecular flexibility index (Phi) is 6.10.